The molecule has 0 unspecified atom stereocenters. The second-order valence-electron chi connectivity index (χ2n) is 6.82. The molecule has 0 saturated carbocycles. The molecule has 4 heteroatoms. The first-order chi connectivity index (χ1) is 13.0. The molecule has 0 spiro atoms. The van der Waals surface area contributed by atoms with Crippen LogP contribution in [0.2, 0.25) is 0 Å². The van der Waals surface area contributed by atoms with Crippen LogP contribution in [-0.2, 0) is 11.2 Å². The van der Waals surface area contributed by atoms with E-state index in [1.165, 1.54) is 5.56 Å². The number of rotatable bonds is 10. The maximum absolute atomic E-state index is 12.4. The Bertz CT molecular complexity index is 725. The van der Waals surface area contributed by atoms with Crippen LogP contribution in [0.3, 0.4) is 0 Å². The third-order valence-corrected chi connectivity index (χ3v) is 4.41. The van der Waals surface area contributed by atoms with Crippen LogP contribution in [-0.4, -0.2) is 25.2 Å². The third-order valence-electron chi connectivity index (χ3n) is 4.41. The second kappa shape index (κ2) is 10.6. The summed E-state index contributed by atoms with van der Waals surface area (Å²) in [6.07, 6.45) is 2.32. The Morgan fingerprint density at radius 2 is 1.81 bits per heavy atom. The maximum Gasteiger partial charge on any atom is 0.261 e. The van der Waals surface area contributed by atoms with Gasteiger partial charge in [0.2, 0.25) is 0 Å². The van der Waals surface area contributed by atoms with Crippen LogP contribution in [0.25, 0.3) is 0 Å². The van der Waals surface area contributed by atoms with Gasteiger partial charge in [-0.3, -0.25) is 4.79 Å². The van der Waals surface area contributed by atoms with Gasteiger partial charge in [-0.05, 0) is 61.6 Å². The van der Waals surface area contributed by atoms with Crippen molar-refractivity contribution in [3.05, 3.63) is 59.2 Å². The highest BCUT2D eigenvalue weighted by molar-refractivity contribution is 5.81. The summed E-state index contributed by atoms with van der Waals surface area (Å²) >= 11 is 0. The van der Waals surface area contributed by atoms with Gasteiger partial charge in [0.25, 0.3) is 5.91 Å². The van der Waals surface area contributed by atoms with E-state index >= 15 is 0 Å². The molecule has 0 aliphatic rings. The van der Waals surface area contributed by atoms with Gasteiger partial charge in [-0.1, -0.05) is 44.5 Å². The van der Waals surface area contributed by atoms with Crippen LogP contribution < -0.4 is 14.8 Å². The van der Waals surface area contributed by atoms with Gasteiger partial charge in [-0.2, -0.15) is 0 Å². The number of carbonyl (C=O) groups is 1. The molecule has 0 aliphatic heterocycles. The average Bonchev–Trinajstić information content (AvgIpc) is 2.67. The van der Waals surface area contributed by atoms with Gasteiger partial charge < -0.3 is 14.8 Å². The van der Waals surface area contributed by atoms with E-state index in [0.29, 0.717) is 19.6 Å². The molecule has 0 bridgehead atoms. The lowest BCUT2D eigenvalue weighted by atomic mass is 10.1. The van der Waals surface area contributed by atoms with Crippen molar-refractivity contribution in [3.8, 4) is 11.5 Å². The van der Waals surface area contributed by atoms with Crippen LogP contribution in [0.4, 0.5) is 0 Å². The molecular weight excluding hydrogens is 338 g/mol. The lowest BCUT2D eigenvalue weighted by Gasteiger charge is -2.19. The minimum Gasteiger partial charge on any atom is -0.492 e. The summed E-state index contributed by atoms with van der Waals surface area (Å²) in [5.41, 5.74) is 3.46. The number of amides is 1. The Hall–Kier alpha value is -2.49. The predicted octanol–water partition coefficient (Wildman–Crippen LogP) is 4.61. The van der Waals surface area contributed by atoms with E-state index in [-0.39, 0.29) is 5.91 Å². The van der Waals surface area contributed by atoms with Crippen molar-refractivity contribution in [1.82, 2.24) is 5.32 Å². The number of benzene rings is 2. The first-order valence-corrected chi connectivity index (χ1v) is 9.76. The van der Waals surface area contributed by atoms with Crippen LogP contribution in [0.5, 0.6) is 11.5 Å². The van der Waals surface area contributed by atoms with E-state index in [2.05, 4.69) is 24.4 Å². The fourth-order valence-corrected chi connectivity index (χ4v) is 2.81. The second-order valence-corrected chi connectivity index (χ2v) is 6.82. The molecule has 27 heavy (non-hydrogen) atoms. The van der Waals surface area contributed by atoms with E-state index in [4.69, 9.17) is 9.47 Å². The molecule has 0 fully saturated rings. The Labute approximate surface area is 162 Å². The minimum absolute atomic E-state index is 0.111. The van der Waals surface area contributed by atoms with Crippen molar-refractivity contribution in [2.75, 3.05) is 13.2 Å². The topological polar surface area (TPSA) is 47.6 Å². The zero-order chi connectivity index (χ0) is 19.6. The monoisotopic (exact) mass is 369 g/mol. The van der Waals surface area contributed by atoms with Gasteiger partial charge in [-0.15, -0.1) is 0 Å². The molecule has 0 heterocycles. The van der Waals surface area contributed by atoms with Gasteiger partial charge >= 0.3 is 0 Å². The van der Waals surface area contributed by atoms with Gasteiger partial charge in [0.05, 0.1) is 6.54 Å². The summed E-state index contributed by atoms with van der Waals surface area (Å²) in [4.78, 5) is 12.4. The molecule has 4 nitrogen and oxygen atoms in total. The average molecular weight is 370 g/mol. The van der Waals surface area contributed by atoms with E-state index in [0.717, 1.165) is 35.5 Å². The molecule has 1 atom stereocenters. The Morgan fingerprint density at radius 1 is 1.07 bits per heavy atom. The summed E-state index contributed by atoms with van der Waals surface area (Å²) in [7, 11) is 0. The fourth-order valence-electron chi connectivity index (χ4n) is 2.81. The number of nitrogens with one attached hydrogen (secondary N) is 1. The molecule has 2 rings (SSSR count). The van der Waals surface area contributed by atoms with Crippen molar-refractivity contribution < 1.29 is 14.3 Å². The van der Waals surface area contributed by atoms with Crippen molar-refractivity contribution in [1.29, 1.82) is 0 Å². The van der Waals surface area contributed by atoms with Crippen LogP contribution >= 0.6 is 0 Å². The molecule has 2 aromatic rings. The fraction of sp³-hybridized carbons (Fsp3) is 0.435. The summed E-state index contributed by atoms with van der Waals surface area (Å²) in [5.74, 6) is 1.48. The zero-order valence-corrected chi connectivity index (χ0v) is 16.9. The third kappa shape index (κ3) is 6.63. The summed E-state index contributed by atoms with van der Waals surface area (Å²) < 4.78 is 11.6. The number of ether oxygens (including phenoxy) is 2. The van der Waals surface area contributed by atoms with Crippen LogP contribution in [0.1, 0.15) is 43.4 Å². The largest absolute Gasteiger partial charge is 0.492 e. The summed E-state index contributed by atoms with van der Waals surface area (Å²) in [6, 6.07) is 14.1. The number of hydrogen-bond donors (Lipinski definition) is 1. The SMILES string of the molecule is CCCc1ccc(OCCNC(=O)[C@H](CC)Oc2cc(C)ccc2C)cc1. The summed E-state index contributed by atoms with van der Waals surface area (Å²) in [5, 5.41) is 2.90. The Morgan fingerprint density at radius 3 is 2.48 bits per heavy atom. The molecule has 1 amide bonds. The Balaban J connectivity index is 1.78. The predicted molar refractivity (Wildman–Crippen MR) is 110 cm³/mol. The molecule has 0 radical (unpaired) electrons. The van der Waals surface area contributed by atoms with E-state index in [9.17, 15) is 4.79 Å². The van der Waals surface area contributed by atoms with Gasteiger partial charge in [0.15, 0.2) is 6.10 Å². The highest BCUT2D eigenvalue weighted by atomic mass is 16.5. The quantitative estimate of drug-likeness (QED) is 0.622. The van der Waals surface area contributed by atoms with Crippen molar-refractivity contribution in [3.63, 3.8) is 0 Å². The smallest absolute Gasteiger partial charge is 0.261 e. The highest BCUT2D eigenvalue weighted by Crippen LogP contribution is 2.21. The lowest BCUT2D eigenvalue weighted by molar-refractivity contribution is -0.128. The molecule has 2 aromatic carbocycles. The van der Waals surface area contributed by atoms with Crippen molar-refractivity contribution >= 4 is 5.91 Å². The molecule has 146 valence electrons. The van der Waals surface area contributed by atoms with Gasteiger partial charge in [0, 0.05) is 0 Å². The van der Waals surface area contributed by atoms with E-state index < -0.39 is 6.10 Å². The lowest BCUT2D eigenvalue weighted by Crippen LogP contribution is -2.39. The first kappa shape index (κ1) is 20.8. The van der Waals surface area contributed by atoms with E-state index in [1.54, 1.807) is 0 Å². The van der Waals surface area contributed by atoms with Crippen molar-refractivity contribution in [2.24, 2.45) is 0 Å². The number of hydrogen-bond acceptors (Lipinski definition) is 3. The standard InChI is InChI=1S/C23H31NO3/c1-5-7-19-10-12-20(13-11-19)26-15-14-24-23(25)21(6-2)27-22-16-17(3)8-9-18(22)4/h8-13,16,21H,5-7,14-15H2,1-4H3,(H,24,25)/t21-/m0/s1. The highest BCUT2D eigenvalue weighted by Gasteiger charge is 2.18. The number of carbonyl (C=O) groups excluding carboxylic acids is 1. The van der Waals surface area contributed by atoms with Gasteiger partial charge in [-0.25, -0.2) is 0 Å². The Kier molecular flexibility index (Phi) is 8.18. The molecule has 1 N–H and O–H groups in total. The molecule has 0 aromatic heterocycles. The first-order valence-electron chi connectivity index (χ1n) is 9.76. The normalized spacial score (nSPS) is 11.7. The maximum atomic E-state index is 12.4. The summed E-state index contributed by atoms with van der Waals surface area (Å²) in [6.45, 7) is 8.99. The molecule has 0 aliphatic carbocycles. The van der Waals surface area contributed by atoms with Crippen LogP contribution in [0, 0.1) is 13.8 Å². The zero-order valence-electron chi connectivity index (χ0n) is 16.9. The van der Waals surface area contributed by atoms with Crippen LogP contribution in [0.15, 0.2) is 42.5 Å². The number of aryl methyl sites for hydroxylation is 3. The van der Waals surface area contributed by atoms with Crippen molar-refractivity contribution in [2.45, 2.75) is 53.1 Å². The molecular formula is C23H31NO3. The minimum atomic E-state index is -0.501. The van der Waals surface area contributed by atoms with Gasteiger partial charge in [0.1, 0.15) is 18.1 Å². The molecule has 0 saturated heterocycles. The van der Waals surface area contributed by atoms with E-state index in [1.807, 2.05) is 51.1 Å².